The molecule has 6 heteroatoms. The Bertz CT molecular complexity index is 186. The largest absolute Gasteiger partial charge is 0.383 e. The molecule has 0 saturated heterocycles. The van der Waals surface area contributed by atoms with Crippen molar-refractivity contribution in [3.05, 3.63) is 0 Å². The van der Waals surface area contributed by atoms with Gasteiger partial charge in [0.15, 0.2) is 0 Å². The molecule has 0 N–H and O–H groups in total. The Labute approximate surface area is 88.1 Å². The number of alkyl halides is 2. The molecule has 0 radical (unpaired) electrons. The van der Waals surface area contributed by atoms with E-state index in [0.717, 1.165) is 4.90 Å². The Morgan fingerprint density at radius 2 is 1.60 bits per heavy atom. The van der Waals surface area contributed by atoms with E-state index >= 15 is 0 Å². The van der Waals surface area contributed by atoms with Gasteiger partial charge in [-0.25, -0.2) is 0 Å². The number of hydrogen-bond acceptors (Lipinski definition) is 3. The van der Waals surface area contributed by atoms with Crippen LogP contribution in [0.3, 0.4) is 0 Å². The van der Waals surface area contributed by atoms with Gasteiger partial charge in [-0.15, -0.1) is 0 Å². The zero-order chi connectivity index (χ0) is 11.9. The fourth-order valence-electron chi connectivity index (χ4n) is 0.995. The predicted octanol–water partition coefficient (Wildman–Crippen LogP) is 0.763. The van der Waals surface area contributed by atoms with E-state index in [1.807, 2.05) is 0 Å². The summed E-state index contributed by atoms with van der Waals surface area (Å²) >= 11 is 0. The third-order valence-electron chi connectivity index (χ3n) is 1.79. The third kappa shape index (κ3) is 5.64. The molecule has 0 bridgehead atoms. The van der Waals surface area contributed by atoms with E-state index in [4.69, 9.17) is 9.47 Å². The van der Waals surface area contributed by atoms with Crippen LogP contribution in [0.1, 0.15) is 6.92 Å². The van der Waals surface area contributed by atoms with Gasteiger partial charge < -0.3 is 14.4 Å². The second kappa shape index (κ2) is 6.68. The van der Waals surface area contributed by atoms with E-state index in [1.165, 1.54) is 14.2 Å². The van der Waals surface area contributed by atoms with Gasteiger partial charge in [0.25, 0.3) is 5.91 Å². The summed E-state index contributed by atoms with van der Waals surface area (Å²) in [5, 5.41) is 0. The van der Waals surface area contributed by atoms with Gasteiger partial charge >= 0.3 is 5.92 Å². The van der Waals surface area contributed by atoms with E-state index in [2.05, 4.69) is 0 Å². The third-order valence-corrected chi connectivity index (χ3v) is 1.79. The lowest BCUT2D eigenvalue weighted by atomic mass is 10.3. The first-order valence-electron chi connectivity index (χ1n) is 4.58. The van der Waals surface area contributed by atoms with Crippen LogP contribution < -0.4 is 0 Å². The maximum Gasteiger partial charge on any atom is 0.322 e. The molecule has 0 rings (SSSR count). The molecule has 4 nitrogen and oxygen atoms in total. The Hall–Kier alpha value is -0.750. The molecule has 0 atom stereocenters. The van der Waals surface area contributed by atoms with E-state index in [1.54, 1.807) is 0 Å². The zero-order valence-electron chi connectivity index (χ0n) is 9.26. The lowest BCUT2D eigenvalue weighted by Crippen LogP contribution is -2.44. The molecule has 0 unspecified atom stereocenters. The molecule has 0 saturated carbocycles. The minimum absolute atomic E-state index is 0.141. The van der Waals surface area contributed by atoms with Crippen LogP contribution in [0.4, 0.5) is 8.78 Å². The van der Waals surface area contributed by atoms with E-state index < -0.39 is 11.8 Å². The molecule has 0 aliphatic carbocycles. The average Bonchev–Trinajstić information content (AvgIpc) is 2.16. The first-order chi connectivity index (χ1) is 6.93. The summed E-state index contributed by atoms with van der Waals surface area (Å²) in [4.78, 5) is 12.3. The molecule has 0 aromatic rings. The molecule has 15 heavy (non-hydrogen) atoms. The number of carbonyl (C=O) groups is 1. The maximum absolute atomic E-state index is 12.7. The van der Waals surface area contributed by atoms with E-state index in [9.17, 15) is 13.6 Å². The van der Waals surface area contributed by atoms with Crippen molar-refractivity contribution >= 4 is 5.91 Å². The maximum atomic E-state index is 12.7. The predicted molar refractivity (Wildman–Crippen MR) is 51.0 cm³/mol. The van der Waals surface area contributed by atoms with Gasteiger partial charge in [0, 0.05) is 34.2 Å². The number of rotatable bonds is 7. The van der Waals surface area contributed by atoms with Gasteiger partial charge in [0.1, 0.15) is 0 Å². The first-order valence-corrected chi connectivity index (χ1v) is 4.58. The lowest BCUT2D eigenvalue weighted by Gasteiger charge is -2.24. The minimum atomic E-state index is -3.35. The number of halogens is 2. The number of nitrogens with zero attached hydrogens (tertiary/aromatic N) is 1. The summed E-state index contributed by atoms with van der Waals surface area (Å²) in [6, 6.07) is 0. The second-order valence-corrected chi connectivity index (χ2v) is 3.17. The topological polar surface area (TPSA) is 38.8 Å². The summed E-state index contributed by atoms with van der Waals surface area (Å²) in [5.41, 5.74) is 0. The molecular weight excluding hydrogens is 208 g/mol. The molecule has 90 valence electrons. The smallest absolute Gasteiger partial charge is 0.322 e. The van der Waals surface area contributed by atoms with Crippen molar-refractivity contribution in [1.29, 1.82) is 0 Å². The van der Waals surface area contributed by atoms with Gasteiger partial charge in [0.2, 0.25) is 0 Å². The van der Waals surface area contributed by atoms with Crippen molar-refractivity contribution in [2.45, 2.75) is 12.8 Å². The Morgan fingerprint density at radius 1 is 1.20 bits per heavy atom. The van der Waals surface area contributed by atoms with Crippen molar-refractivity contribution in [3.63, 3.8) is 0 Å². The Balaban J connectivity index is 4.27. The first kappa shape index (κ1) is 14.2. The van der Waals surface area contributed by atoms with Crippen molar-refractivity contribution in [3.8, 4) is 0 Å². The molecule has 0 aliphatic rings. The van der Waals surface area contributed by atoms with Gasteiger partial charge in [-0.05, 0) is 0 Å². The van der Waals surface area contributed by atoms with Crippen LogP contribution >= 0.6 is 0 Å². The summed E-state index contributed by atoms with van der Waals surface area (Å²) in [7, 11) is 2.89. The molecule has 0 spiro atoms. The van der Waals surface area contributed by atoms with Crippen LogP contribution in [0.15, 0.2) is 0 Å². The number of hydrogen-bond donors (Lipinski definition) is 0. The van der Waals surface area contributed by atoms with Gasteiger partial charge in [-0.3, -0.25) is 4.79 Å². The summed E-state index contributed by atoms with van der Waals surface area (Å²) in [6.45, 7) is 1.32. The number of methoxy groups -OCH3 is 2. The zero-order valence-corrected chi connectivity index (χ0v) is 9.26. The highest BCUT2D eigenvalue weighted by Gasteiger charge is 2.36. The molecular formula is C9H17F2NO3. The van der Waals surface area contributed by atoms with Crippen LogP contribution in [-0.2, 0) is 14.3 Å². The fraction of sp³-hybridized carbons (Fsp3) is 0.889. The summed E-state index contributed by atoms with van der Waals surface area (Å²) < 4.78 is 35.0. The van der Waals surface area contributed by atoms with Crippen LogP contribution in [0.2, 0.25) is 0 Å². The normalized spacial score (nSPS) is 11.5. The van der Waals surface area contributed by atoms with Crippen molar-refractivity contribution in [2.75, 3.05) is 40.5 Å². The molecule has 0 aromatic heterocycles. The van der Waals surface area contributed by atoms with Crippen molar-refractivity contribution in [1.82, 2.24) is 4.90 Å². The van der Waals surface area contributed by atoms with Crippen molar-refractivity contribution < 1.29 is 23.0 Å². The summed E-state index contributed by atoms with van der Waals surface area (Å²) in [5.74, 6) is -4.54. The SMILES string of the molecule is COCCN(CCOC)C(=O)C(C)(F)F. The average molecular weight is 225 g/mol. The fourth-order valence-corrected chi connectivity index (χ4v) is 0.995. The highest BCUT2D eigenvalue weighted by molar-refractivity contribution is 5.83. The quantitative estimate of drug-likeness (QED) is 0.642. The molecule has 0 aromatic carbocycles. The summed E-state index contributed by atoms with van der Waals surface area (Å²) in [6.07, 6.45) is 0. The second-order valence-electron chi connectivity index (χ2n) is 3.17. The van der Waals surface area contributed by atoms with E-state index in [-0.39, 0.29) is 26.3 Å². The number of amides is 1. The van der Waals surface area contributed by atoms with E-state index in [0.29, 0.717) is 6.92 Å². The Morgan fingerprint density at radius 3 is 1.87 bits per heavy atom. The molecule has 0 heterocycles. The van der Waals surface area contributed by atoms with Gasteiger partial charge in [0.05, 0.1) is 13.2 Å². The standard InChI is InChI=1S/C9H17F2NO3/c1-9(10,11)8(13)12(4-6-14-2)5-7-15-3/h4-7H2,1-3H3. The molecule has 1 amide bonds. The molecule has 0 fully saturated rings. The van der Waals surface area contributed by atoms with Crippen LogP contribution in [0.5, 0.6) is 0 Å². The number of ether oxygens (including phenoxy) is 2. The van der Waals surface area contributed by atoms with Crippen LogP contribution in [0.25, 0.3) is 0 Å². The van der Waals surface area contributed by atoms with Crippen LogP contribution in [-0.4, -0.2) is 57.3 Å². The Kier molecular flexibility index (Phi) is 6.35. The highest BCUT2D eigenvalue weighted by Crippen LogP contribution is 2.15. The van der Waals surface area contributed by atoms with Gasteiger partial charge in [-0.1, -0.05) is 0 Å². The van der Waals surface area contributed by atoms with Crippen molar-refractivity contribution in [2.24, 2.45) is 0 Å². The van der Waals surface area contributed by atoms with Crippen LogP contribution in [0, 0.1) is 0 Å². The highest BCUT2D eigenvalue weighted by atomic mass is 19.3. The monoisotopic (exact) mass is 225 g/mol. The minimum Gasteiger partial charge on any atom is -0.383 e. The lowest BCUT2D eigenvalue weighted by molar-refractivity contribution is -0.156. The number of carbonyl (C=O) groups excluding carboxylic acids is 1. The van der Waals surface area contributed by atoms with Gasteiger partial charge in [-0.2, -0.15) is 8.78 Å². The molecule has 0 aliphatic heterocycles.